The molecule has 0 radical (unpaired) electrons. The largest absolute Gasteiger partial charge is 0.479 e. The topological polar surface area (TPSA) is 73.9 Å². The van der Waals surface area contributed by atoms with Crippen molar-refractivity contribution in [3.8, 4) is 5.75 Å². The molecule has 0 unspecified atom stereocenters. The number of carbonyl (C=O) groups excluding carboxylic acids is 1. The van der Waals surface area contributed by atoms with Crippen LogP contribution in [0.3, 0.4) is 0 Å². The molecule has 6 heteroatoms. The summed E-state index contributed by atoms with van der Waals surface area (Å²) in [5.74, 6) is 0.0238. The smallest absolute Gasteiger partial charge is 0.374 e. The predicted molar refractivity (Wildman–Crippen MR) is 104 cm³/mol. The fraction of sp³-hybridized carbons (Fsp3) is 0.300. The lowest BCUT2D eigenvalue weighted by atomic mass is 9.87. The van der Waals surface area contributed by atoms with Crippen molar-refractivity contribution in [2.75, 3.05) is 0 Å². The Morgan fingerprint density at radius 3 is 2.19 bits per heavy atom. The molecule has 0 bridgehead atoms. The van der Waals surface area contributed by atoms with Gasteiger partial charge >= 0.3 is 5.97 Å². The van der Waals surface area contributed by atoms with E-state index >= 15 is 0 Å². The summed E-state index contributed by atoms with van der Waals surface area (Å²) in [6, 6.07) is 14.3. The van der Waals surface area contributed by atoms with Crippen molar-refractivity contribution in [1.29, 1.82) is 0 Å². The van der Waals surface area contributed by atoms with Crippen LogP contribution in [0, 0.1) is 0 Å². The molecule has 0 aliphatic heterocycles. The van der Waals surface area contributed by atoms with Gasteiger partial charge in [-0.2, -0.15) is 0 Å². The van der Waals surface area contributed by atoms with Gasteiger partial charge in [-0.1, -0.05) is 49.7 Å². The first-order chi connectivity index (χ1) is 12.2. The third-order valence-electron chi connectivity index (χ3n) is 3.74. The maximum atomic E-state index is 12.0. The van der Waals surface area contributed by atoms with Gasteiger partial charge < -0.3 is 15.3 Å². The van der Waals surface area contributed by atoms with Crippen LogP contribution in [-0.2, 0) is 15.0 Å². The SMILES string of the molecule is C[C@H](Oc1ccc(C(C)(C)C)cc1)C(=O)O/N=C(/N)c1ccc(Cl)cc1. The summed E-state index contributed by atoms with van der Waals surface area (Å²) < 4.78 is 5.60. The molecule has 138 valence electrons. The van der Waals surface area contributed by atoms with Gasteiger partial charge in [0, 0.05) is 10.6 Å². The Morgan fingerprint density at radius 1 is 1.08 bits per heavy atom. The van der Waals surface area contributed by atoms with Crippen LogP contribution in [-0.4, -0.2) is 17.9 Å². The molecule has 0 fully saturated rings. The van der Waals surface area contributed by atoms with Gasteiger partial charge in [0.15, 0.2) is 11.9 Å². The molecular weight excluding hydrogens is 352 g/mol. The lowest BCUT2D eigenvalue weighted by Gasteiger charge is -2.19. The quantitative estimate of drug-likeness (QED) is 0.367. The zero-order valence-electron chi connectivity index (χ0n) is 15.3. The number of carbonyl (C=O) groups is 1. The third kappa shape index (κ3) is 5.49. The number of hydrogen-bond donors (Lipinski definition) is 1. The Morgan fingerprint density at radius 2 is 1.65 bits per heavy atom. The molecule has 1 atom stereocenters. The summed E-state index contributed by atoms with van der Waals surface area (Å²) in [7, 11) is 0. The molecule has 2 rings (SSSR count). The first kappa shape index (κ1) is 19.8. The standard InChI is InChI=1S/C20H23ClN2O3/c1-13(25-17-11-7-15(8-12-17)20(2,3)4)19(24)26-23-18(22)14-5-9-16(21)10-6-14/h5-13H,1-4H3,(H2,22,23)/t13-/m0/s1. The molecule has 0 aromatic heterocycles. The number of benzene rings is 2. The van der Waals surface area contributed by atoms with Gasteiger partial charge in [-0.25, -0.2) is 4.79 Å². The number of amidine groups is 1. The summed E-state index contributed by atoms with van der Waals surface area (Å²) in [6.45, 7) is 7.98. The van der Waals surface area contributed by atoms with E-state index in [1.165, 1.54) is 5.56 Å². The molecule has 5 nitrogen and oxygen atoms in total. The summed E-state index contributed by atoms with van der Waals surface area (Å²) in [6.07, 6.45) is -0.822. The average molecular weight is 375 g/mol. The minimum Gasteiger partial charge on any atom is -0.479 e. The Kier molecular flexibility index (Phi) is 6.27. The van der Waals surface area contributed by atoms with E-state index < -0.39 is 12.1 Å². The van der Waals surface area contributed by atoms with Crippen molar-refractivity contribution in [2.45, 2.75) is 39.2 Å². The van der Waals surface area contributed by atoms with Crippen LogP contribution in [0.5, 0.6) is 5.75 Å². The van der Waals surface area contributed by atoms with E-state index in [1.54, 1.807) is 31.2 Å². The van der Waals surface area contributed by atoms with E-state index in [2.05, 4.69) is 25.9 Å². The summed E-state index contributed by atoms with van der Waals surface area (Å²) in [5.41, 5.74) is 7.63. The molecule has 0 saturated heterocycles. The highest BCUT2D eigenvalue weighted by molar-refractivity contribution is 6.30. The lowest BCUT2D eigenvalue weighted by Crippen LogP contribution is -2.26. The highest BCUT2D eigenvalue weighted by Crippen LogP contribution is 2.24. The molecule has 2 aromatic rings. The third-order valence-corrected chi connectivity index (χ3v) is 3.99. The minimum atomic E-state index is -0.822. The minimum absolute atomic E-state index is 0.0526. The highest BCUT2D eigenvalue weighted by Gasteiger charge is 2.18. The van der Waals surface area contributed by atoms with Crippen molar-refractivity contribution in [2.24, 2.45) is 10.9 Å². The maximum absolute atomic E-state index is 12.0. The summed E-state index contributed by atoms with van der Waals surface area (Å²) >= 11 is 5.81. The number of halogens is 1. The van der Waals surface area contributed by atoms with Gasteiger partial charge in [0.1, 0.15) is 5.75 Å². The Bertz CT molecular complexity index is 778. The van der Waals surface area contributed by atoms with E-state index in [0.29, 0.717) is 16.3 Å². The molecule has 0 heterocycles. The second-order valence-corrected chi connectivity index (χ2v) is 7.36. The van der Waals surface area contributed by atoms with Gasteiger partial charge in [-0.05, 0) is 54.3 Å². The van der Waals surface area contributed by atoms with Crippen LogP contribution in [0.4, 0.5) is 0 Å². The molecule has 26 heavy (non-hydrogen) atoms. The van der Waals surface area contributed by atoms with Crippen molar-refractivity contribution in [3.05, 3.63) is 64.7 Å². The van der Waals surface area contributed by atoms with Crippen molar-refractivity contribution < 1.29 is 14.4 Å². The van der Waals surface area contributed by atoms with Crippen LogP contribution in [0.2, 0.25) is 5.02 Å². The normalized spacial score (nSPS) is 13.2. The number of oxime groups is 1. The summed E-state index contributed by atoms with van der Waals surface area (Å²) in [4.78, 5) is 16.9. The van der Waals surface area contributed by atoms with Gasteiger partial charge in [-0.3, -0.25) is 0 Å². The van der Waals surface area contributed by atoms with E-state index in [1.807, 2.05) is 24.3 Å². The molecule has 0 aliphatic carbocycles. The van der Waals surface area contributed by atoms with Crippen molar-refractivity contribution >= 4 is 23.4 Å². The van der Waals surface area contributed by atoms with Crippen molar-refractivity contribution in [1.82, 2.24) is 0 Å². The number of hydrogen-bond acceptors (Lipinski definition) is 4. The fourth-order valence-corrected chi connectivity index (χ4v) is 2.25. The number of nitrogens with zero attached hydrogens (tertiary/aromatic N) is 1. The fourth-order valence-electron chi connectivity index (χ4n) is 2.13. The highest BCUT2D eigenvalue weighted by atomic mass is 35.5. The maximum Gasteiger partial charge on any atom is 0.374 e. The Balaban J connectivity index is 1.94. The van der Waals surface area contributed by atoms with Gasteiger partial charge in [0.05, 0.1) is 0 Å². The van der Waals surface area contributed by atoms with Crippen LogP contribution in [0.25, 0.3) is 0 Å². The monoisotopic (exact) mass is 374 g/mol. The number of nitrogens with two attached hydrogens (primary N) is 1. The van der Waals surface area contributed by atoms with E-state index in [-0.39, 0.29) is 11.3 Å². The predicted octanol–water partition coefficient (Wildman–Crippen LogP) is 4.27. The Labute approximate surface area is 158 Å². The Hall–Kier alpha value is -2.53. The lowest BCUT2D eigenvalue weighted by molar-refractivity contribution is -0.151. The van der Waals surface area contributed by atoms with E-state index in [0.717, 1.165) is 0 Å². The summed E-state index contributed by atoms with van der Waals surface area (Å²) in [5, 5.41) is 4.24. The first-order valence-corrected chi connectivity index (χ1v) is 8.62. The molecule has 0 saturated carbocycles. The number of ether oxygens (including phenoxy) is 1. The van der Waals surface area contributed by atoms with Crippen LogP contribution in [0.15, 0.2) is 53.7 Å². The van der Waals surface area contributed by atoms with Crippen LogP contribution < -0.4 is 10.5 Å². The van der Waals surface area contributed by atoms with Crippen LogP contribution >= 0.6 is 11.6 Å². The molecule has 2 aromatic carbocycles. The van der Waals surface area contributed by atoms with Gasteiger partial charge in [0.25, 0.3) is 0 Å². The molecule has 0 spiro atoms. The molecule has 2 N–H and O–H groups in total. The van der Waals surface area contributed by atoms with Crippen molar-refractivity contribution in [3.63, 3.8) is 0 Å². The zero-order chi connectivity index (χ0) is 19.3. The molecule has 0 aliphatic rings. The molecule has 0 amide bonds. The number of rotatable bonds is 5. The second-order valence-electron chi connectivity index (χ2n) is 6.93. The molecular formula is C20H23ClN2O3. The first-order valence-electron chi connectivity index (χ1n) is 8.24. The second kappa shape index (κ2) is 8.23. The van der Waals surface area contributed by atoms with E-state index in [9.17, 15) is 4.79 Å². The zero-order valence-corrected chi connectivity index (χ0v) is 16.1. The average Bonchev–Trinajstić information content (AvgIpc) is 2.59. The van der Waals surface area contributed by atoms with Gasteiger partial charge in [-0.15, -0.1) is 0 Å². The van der Waals surface area contributed by atoms with Crippen LogP contribution in [0.1, 0.15) is 38.8 Å². The van der Waals surface area contributed by atoms with E-state index in [4.69, 9.17) is 26.9 Å². The van der Waals surface area contributed by atoms with Gasteiger partial charge in [0.2, 0.25) is 0 Å².